The summed E-state index contributed by atoms with van der Waals surface area (Å²) in [6.45, 7) is 10.5. The minimum atomic E-state index is -0.772. The molecule has 1 aliphatic rings. The summed E-state index contributed by atoms with van der Waals surface area (Å²) in [6.07, 6.45) is 1.46. The van der Waals surface area contributed by atoms with E-state index in [1.165, 1.54) is 17.2 Å². The molecule has 0 unspecified atom stereocenters. The van der Waals surface area contributed by atoms with E-state index in [1.54, 1.807) is 30.3 Å². The second-order valence-corrected chi connectivity index (χ2v) is 9.02. The molecule has 0 saturated carbocycles. The van der Waals surface area contributed by atoms with E-state index in [0.29, 0.717) is 36.0 Å². The molecule has 0 aromatic heterocycles. The number of benzene rings is 3. The molecule has 3 aromatic rings. The summed E-state index contributed by atoms with van der Waals surface area (Å²) >= 11 is 0. The molecule has 0 spiro atoms. The summed E-state index contributed by atoms with van der Waals surface area (Å²) in [5.74, 6) is -0.388. The molecule has 0 radical (unpaired) electrons. The van der Waals surface area contributed by atoms with Crippen LogP contribution >= 0.6 is 0 Å². The molecule has 0 atom stereocenters. The average Bonchev–Trinajstić information content (AvgIpc) is 2.86. The van der Waals surface area contributed by atoms with Crippen molar-refractivity contribution in [2.45, 2.75) is 41.2 Å². The van der Waals surface area contributed by atoms with E-state index in [4.69, 9.17) is 9.47 Å². The van der Waals surface area contributed by atoms with Gasteiger partial charge in [-0.15, -0.1) is 0 Å². The molecule has 0 aliphatic carbocycles. The summed E-state index contributed by atoms with van der Waals surface area (Å²) in [7, 11) is 0. The molecule has 1 heterocycles. The van der Waals surface area contributed by atoms with Crippen molar-refractivity contribution in [1.29, 1.82) is 0 Å². The first-order valence-corrected chi connectivity index (χ1v) is 12.1. The molecule has 1 fully saturated rings. The normalized spacial score (nSPS) is 14.7. The van der Waals surface area contributed by atoms with Crippen LogP contribution in [0, 0.1) is 27.7 Å². The lowest BCUT2D eigenvalue weighted by molar-refractivity contribution is -0.122. The Bertz CT molecular complexity index is 1420. The maximum absolute atomic E-state index is 13.3. The number of anilines is 1. The summed E-state index contributed by atoms with van der Waals surface area (Å²) in [4.78, 5) is 39.6. The molecule has 4 amide bonds. The minimum Gasteiger partial charge on any atom is -0.490 e. The van der Waals surface area contributed by atoms with Crippen LogP contribution in [-0.2, 0) is 16.2 Å². The van der Waals surface area contributed by atoms with Gasteiger partial charge in [0.25, 0.3) is 11.8 Å². The Morgan fingerprint density at radius 1 is 0.838 bits per heavy atom. The van der Waals surface area contributed by atoms with Crippen molar-refractivity contribution < 1.29 is 23.9 Å². The number of amides is 4. The molecule has 7 heteroatoms. The minimum absolute atomic E-state index is 0.147. The van der Waals surface area contributed by atoms with Crippen molar-refractivity contribution in [3.05, 3.63) is 93.6 Å². The van der Waals surface area contributed by atoms with Crippen LogP contribution < -0.4 is 19.7 Å². The topological polar surface area (TPSA) is 84.9 Å². The number of nitrogens with one attached hydrogen (secondary N) is 1. The average molecular weight is 499 g/mol. The van der Waals surface area contributed by atoms with Crippen LogP contribution in [0.4, 0.5) is 10.5 Å². The maximum Gasteiger partial charge on any atom is 0.335 e. The van der Waals surface area contributed by atoms with Crippen molar-refractivity contribution in [3.63, 3.8) is 0 Å². The van der Waals surface area contributed by atoms with Crippen molar-refractivity contribution in [1.82, 2.24) is 5.32 Å². The van der Waals surface area contributed by atoms with Crippen molar-refractivity contribution in [3.8, 4) is 11.5 Å². The zero-order valence-electron chi connectivity index (χ0n) is 21.7. The van der Waals surface area contributed by atoms with Gasteiger partial charge in [0.15, 0.2) is 11.5 Å². The first kappa shape index (κ1) is 25.7. The molecule has 1 saturated heterocycles. The van der Waals surface area contributed by atoms with Gasteiger partial charge in [-0.1, -0.05) is 36.4 Å². The quantitative estimate of drug-likeness (QED) is 0.340. The second-order valence-electron chi connectivity index (χ2n) is 9.02. The Morgan fingerprint density at radius 3 is 2.35 bits per heavy atom. The summed E-state index contributed by atoms with van der Waals surface area (Å²) in [5.41, 5.74) is 6.01. The fourth-order valence-corrected chi connectivity index (χ4v) is 4.08. The Labute approximate surface area is 216 Å². The number of rotatable bonds is 7. The SMILES string of the molecule is CCOc1cc(/C=C2\C(=O)NC(=O)N(c3cccc(C)c3C)C2=O)ccc1OCc1ccc(C)c(C)c1. The van der Waals surface area contributed by atoms with Crippen LogP contribution in [0.5, 0.6) is 11.5 Å². The first-order chi connectivity index (χ1) is 17.7. The van der Waals surface area contributed by atoms with E-state index in [2.05, 4.69) is 31.3 Å². The maximum atomic E-state index is 13.3. The molecule has 1 N–H and O–H groups in total. The largest absolute Gasteiger partial charge is 0.490 e. The van der Waals surface area contributed by atoms with E-state index < -0.39 is 17.8 Å². The molecule has 4 rings (SSSR count). The number of hydrogen-bond acceptors (Lipinski definition) is 5. The number of ether oxygens (including phenoxy) is 2. The fourth-order valence-electron chi connectivity index (χ4n) is 4.08. The number of carbonyl (C=O) groups excluding carboxylic acids is 3. The van der Waals surface area contributed by atoms with Gasteiger partial charge in [0.2, 0.25) is 0 Å². The third-order valence-corrected chi connectivity index (χ3v) is 6.46. The van der Waals surface area contributed by atoms with Gasteiger partial charge in [0, 0.05) is 0 Å². The second kappa shape index (κ2) is 10.7. The zero-order valence-corrected chi connectivity index (χ0v) is 21.7. The van der Waals surface area contributed by atoms with Crippen LogP contribution in [0.15, 0.2) is 60.2 Å². The van der Waals surface area contributed by atoms with Crippen LogP contribution in [-0.4, -0.2) is 24.5 Å². The van der Waals surface area contributed by atoms with Crippen LogP contribution in [0.1, 0.15) is 40.3 Å². The highest BCUT2D eigenvalue weighted by Crippen LogP contribution is 2.32. The number of imide groups is 2. The molecular weight excluding hydrogens is 468 g/mol. The number of barbiturate groups is 1. The number of urea groups is 1. The number of aryl methyl sites for hydroxylation is 3. The fraction of sp³-hybridized carbons (Fsp3) is 0.233. The zero-order chi connectivity index (χ0) is 26.7. The van der Waals surface area contributed by atoms with Crippen molar-refractivity contribution >= 4 is 29.6 Å². The van der Waals surface area contributed by atoms with Gasteiger partial charge < -0.3 is 9.47 Å². The molecule has 190 valence electrons. The standard InChI is InChI=1S/C30H30N2O5/c1-6-36-27-16-22(12-13-26(27)37-17-23-11-10-18(2)20(4)14-23)15-24-28(33)31-30(35)32(29(24)34)25-9-7-8-19(3)21(25)5/h7-16H,6,17H2,1-5H3,(H,31,33,35)/b24-15+. The molecule has 37 heavy (non-hydrogen) atoms. The van der Waals surface area contributed by atoms with E-state index in [0.717, 1.165) is 21.6 Å². The lowest BCUT2D eigenvalue weighted by Gasteiger charge is -2.28. The van der Waals surface area contributed by atoms with Gasteiger partial charge in [-0.05, 0) is 92.3 Å². The van der Waals surface area contributed by atoms with Crippen molar-refractivity contribution in [2.24, 2.45) is 0 Å². The van der Waals surface area contributed by atoms with E-state index in [9.17, 15) is 14.4 Å². The van der Waals surface area contributed by atoms with Gasteiger partial charge in [-0.25, -0.2) is 9.69 Å². The summed E-state index contributed by atoms with van der Waals surface area (Å²) < 4.78 is 11.8. The summed E-state index contributed by atoms with van der Waals surface area (Å²) in [5, 5.41) is 2.28. The lowest BCUT2D eigenvalue weighted by atomic mass is 10.0. The summed E-state index contributed by atoms with van der Waals surface area (Å²) in [6, 6.07) is 15.9. The molecule has 7 nitrogen and oxygen atoms in total. The highest BCUT2D eigenvalue weighted by atomic mass is 16.5. The molecular formula is C30H30N2O5. The van der Waals surface area contributed by atoms with E-state index in [1.807, 2.05) is 32.9 Å². The first-order valence-electron chi connectivity index (χ1n) is 12.1. The van der Waals surface area contributed by atoms with Crippen molar-refractivity contribution in [2.75, 3.05) is 11.5 Å². The monoisotopic (exact) mass is 498 g/mol. The Balaban J connectivity index is 1.63. The van der Waals surface area contributed by atoms with Gasteiger partial charge in [-0.3, -0.25) is 14.9 Å². The third-order valence-electron chi connectivity index (χ3n) is 6.46. The van der Waals surface area contributed by atoms with Crippen LogP contribution in [0.25, 0.3) is 6.08 Å². The predicted octanol–water partition coefficient (Wildman–Crippen LogP) is 5.56. The van der Waals surface area contributed by atoms with Gasteiger partial charge in [0.1, 0.15) is 12.2 Å². The number of nitrogens with zero attached hydrogens (tertiary/aromatic N) is 1. The number of carbonyl (C=O) groups is 3. The smallest absolute Gasteiger partial charge is 0.335 e. The van der Waals surface area contributed by atoms with Gasteiger partial charge in [-0.2, -0.15) is 0 Å². The Hall–Kier alpha value is -4.39. The molecule has 1 aliphatic heterocycles. The van der Waals surface area contributed by atoms with Crippen LogP contribution in [0.2, 0.25) is 0 Å². The lowest BCUT2D eigenvalue weighted by Crippen LogP contribution is -2.54. The Morgan fingerprint density at radius 2 is 1.62 bits per heavy atom. The van der Waals surface area contributed by atoms with E-state index in [-0.39, 0.29) is 5.57 Å². The van der Waals surface area contributed by atoms with E-state index >= 15 is 0 Å². The van der Waals surface area contributed by atoms with Crippen LogP contribution in [0.3, 0.4) is 0 Å². The number of hydrogen-bond donors (Lipinski definition) is 1. The highest BCUT2D eigenvalue weighted by Gasteiger charge is 2.37. The highest BCUT2D eigenvalue weighted by molar-refractivity contribution is 6.39. The molecule has 0 bridgehead atoms. The van der Waals surface area contributed by atoms with Gasteiger partial charge >= 0.3 is 6.03 Å². The van der Waals surface area contributed by atoms with Gasteiger partial charge in [0.05, 0.1) is 12.3 Å². The Kier molecular flexibility index (Phi) is 7.43. The molecule has 3 aromatic carbocycles. The third kappa shape index (κ3) is 5.40. The predicted molar refractivity (Wildman–Crippen MR) is 143 cm³/mol.